The van der Waals surface area contributed by atoms with E-state index in [4.69, 9.17) is 10.5 Å². The first kappa shape index (κ1) is 20.1. The Morgan fingerprint density at radius 1 is 1.28 bits per heavy atom. The number of amides is 1. The Labute approximate surface area is 157 Å². The van der Waals surface area contributed by atoms with Crippen molar-refractivity contribution in [1.82, 2.24) is 5.32 Å². The molecule has 0 radical (unpaired) electrons. The lowest BCUT2D eigenvalue weighted by Crippen LogP contribution is -2.65. The fraction of sp³-hybridized carbons (Fsp3) is 0.650. The molecule has 5 heteroatoms. The van der Waals surface area contributed by atoms with E-state index < -0.39 is 0 Å². The third kappa shape index (κ3) is 4.29. The maximum absolute atomic E-state index is 12.4. The Hall–Kier alpha value is -1.26. The van der Waals surface area contributed by atoms with Gasteiger partial charge >= 0.3 is 0 Å². The molecular formula is C20H31ClN2O2. The highest BCUT2D eigenvalue weighted by Crippen LogP contribution is 2.53. The summed E-state index contributed by atoms with van der Waals surface area (Å²) in [7, 11) is 0. The van der Waals surface area contributed by atoms with Crippen molar-refractivity contribution < 1.29 is 9.53 Å². The van der Waals surface area contributed by atoms with Crippen molar-refractivity contribution in [3.05, 3.63) is 29.8 Å². The van der Waals surface area contributed by atoms with E-state index >= 15 is 0 Å². The minimum Gasteiger partial charge on any atom is -0.399 e. The van der Waals surface area contributed by atoms with Crippen molar-refractivity contribution >= 4 is 24.0 Å². The van der Waals surface area contributed by atoms with Crippen LogP contribution in [0.25, 0.3) is 0 Å². The van der Waals surface area contributed by atoms with Crippen LogP contribution in [0.4, 0.5) is 5.69 Å². The molecule has 1 aromatic rings. The molecule has 2 aliphatic carbocycles. The minimum atomic E-state index is 0. The monoisotopic (exact) mass is 366 g/mol. The lowest BCUT2D eigenvalue weighted by Gasteiger charge is -2.57. The topological polar surface area (TPSA) is 64.3 Å². The van der Waals surface area contributed by atoms with Gasteiger partial charge in [-0.2, -0.15) is 0 Å². The summed E-state index contributed by atoms with van der Waals surface area (Å²) >= 11 is 0. The third-order valence-electron chi connectivity index (χ3n) is 5.95. The average molecular weight is 367 g/mol. The molecule has 3 N–H and O–H groups in total. The first-order chi connectivity index (χ1) is 11.7. The summed E-state index contributed by atoms with van der Waals surface area (Å²) in [6.45, 7) is 2.83. The van der Waals surface area contributed by atoms with Gasteiger partial charge in [0.25, 0.3) is 0 Å². The Kier molecular flexibility index (Phi) is 7.14. The number of halogens is 1. The summed E-state index contributed by atoms with van der Waals surface area (Å²) < 4.78 is 5.96. The second-order valence-electron chi connectivity index (χ2n) is 7.29. The quantitative estimate of drug-likeness (QED) is 0.751. The molecule has 3 rings (SSSR count). The zero-order chi connectivity index (χ0) is 17.0. The van der Waals surface area contributed by atoms with Crippen LogP contribution >= 0.6 is 12.4 Å². The number of ether oxygens (including phenoxy) is 1. The number of aryl methyl sites for hydroxylation is 1. The molecule has 4 nitrogen and oxygen atoms in total. The number of carbonyl (C=O) groups excluding carboxylic acids is 1. The Morgan fingerprint density at radius 3 is 2.68 bits per heavy atom. The molecule has 2 atom stereocenters. The standard InChI is InChI=1S/C20H30N2O2.ClH/c1-2-24-18-14-17(20(18)12-6-3-7-13-20)22-19(23)11-10-15-8-4-5-9-16(15)21;/h4-5,8-9,17-18H,2-3,6-7,10-14,21H2,1H3,(H,22,23);1H. The van der Waals surface area contributed by atoms with Crippen LogP contribution in [0.3, 0.4) is 0 Å². The zero-order valence-electron chi connectivity index (χ0n) is 15.1. The molecule has 2 unspecified atom stereocenters. The number of benzene rings is 1. The van der Waals surface area contributed by atoms with Gasteiger partial charge in [0.15, 0.2) is 0 Å². The highest BCUT2D eigenvalue weighted by molar-refractivity contribution is 5.85. The van der Waals surface area contributed by atoms with Crippen LogP contribution in [0, 0.1) is 5.41 Å². The Balaban J connectivity index is 0.00000225. The van der Waals surface area contributed by atoms with E-state index in [-0.39, 0.29) is 29.8 Å². The molecule has 0 saturated heterocycles. The van der Waals surface area contributed by atoms with E-state index in [0.29, 0.717) is 18.9 Å². The fourth-order valence-corrected chi connectivity index (χ4v) is 4.54. The van der Waals surface area contributed by atoms with Crippen LogP contribution in [0.5, 0.6) is 0 Å². The molecule has 0 heterocycles. The normalized spacial score (nSPS) is 24.2. The number of hydrogen-bond acceptors (Lipinski definition) is 3. The highest BCUT2D eigenvalue weighted by atomic mass is 35.5. The van der Waals surface area contributed by atoms with Gasteiger partial charge in [0.2, 0.25) is 5.91 Å². The molecular weight excluding hydrogens is 336 g/mol. The molecule has 0 aliphatic heterocycles. The van der Waals surface area contributed by atoms with Crippen molar-refractivity contribution in [3.8, 4) is 0 Å². The maximum atomic E-state index is 12.4. The van der Waals surface area contributed by atoms with Gasteiger partial charge in [0.1, 0.15) is 0 Å². The molecule has 140 valence electrons. The number of hydrogen-bond donors (Lipinski definition) is 2. The van der Waals surface area contributed by atoms with Crippen LogP contribution < -0.4 is 11.1 Å². The fourth-order valence-electron chi connectivity index (χ4n) is 4.54. The van der Waals surface area contributed by atoms with Gasteiger partial charge in [-0.3, -0.25) is 4.79 Å². The van der Waals surface area contributed by atoms with Gasteiger partial charge in [-0.15, -0.1) is 12.4 Å². The Morgan fingerprint density at radius 2 is 2.00 bits per heavy atom. The van der Waals surface area contributed by atoms with Gasteiger partial charge in [-0.1, -0.05) is 37.5 Å². The maximum Gasteiger partial charge on any atom is 0.220 e. The molecule has 2 aliphatic rings. The number of anilines is 1. The summed E-state index contributed by atoms with van der Waals surface area (Å²) in [6.07, 6.45) is 8.71. The van der Waals surface area contributed by atoms with Gasteiger partial charge in [0.05, 0.1) is 6.10 Å². The van der Waals surface area contributed by atoms with E-state index in [0.717, 1.165) is 24.3 Å². The van der Waals surface area contributed by atoms with Gasteiger partial charge in [-0.05, 0) is 44.2 Å². The van der Waals surface area contributed by atoms with Crippen molar-refractivity contribution in [2.45, 2.75) is 70.4 Å². The van der Waals surface area contributed by atoms with Gasteiger partial charge < -0.3 is 15.8 Å². The van der Waals surface area contributed by atoms with Gasteiger partial charge in [0, 0.05) is 30.2 Å². The largest absolute Gasteiger partial charge is 0.399 e. The molecule has 25 heavy (non-hydrogen) atoms. The van der Waals surface area contributed by atoms with Crippen molar-refractivity contribution in [2.75, 3.05) is 12.3 Å². The SMILES string of the molecule is CCOC1CC(NC(=O)CCc2ccccc2N)C12CCCCC2.Cl. The van der Waals surface area contributed by atoms with Crippen LogP contribution in [0.1, 0.15) is 57.4 Å². The molecule has 2 fully saturated rings. The number of nitrogen functional groups attached to an aromatic ring is 1. The molecule has 2 saturated carbocycles. The van der Waals surface area contributed by atoms with E-state index in [1.165, 1.54) is 32.1 Å². The van der Waals surface area contributed by atoms with Crippen LogP contribution in [-0.4, -0.2) is 24.7 Å². The number of carbonyl (C=O) groups is 1. The molecule has 1 amide bonds. The van der Waals surface area contributed by atoms with Crippen LogP contribution in [0.2, 0.25) is 0 Å². The summed E-state index contributed by atoms with van der Waals surface area (Å²) in [5.41, 5.74) is 7.98. The first-order valence-electron chi connectivity index (χ1n) is 9.40. The van der Waals surface area contributed by atoms with Crippen molar-refractivity contribution in [1.29, 1.82) is 0 Å². The number of rotatable bonds is 6. The Bertz CT molecular complexity index is 573. The first-order valence-corrected chi connectivity index (χ1v) is 9.40. The number of nitrogens with two attached hydrogens (primary N) is 1. The predicted octanol–water partition coefficient (Wildman–Crippen LogP) is 3.87. The highest BCUT2D eigenvalue weighted by Gasteiger charge is 2.55. The summed E-state index contributed by atoms with van der Waals surface area (Å²) in [5, 5.41) is 3.30. The summed E-state index contributed by atoms with van der Waals surface area (Å²) in [5.74, 6) is 0.142. The van der Waals surface area contributed by atoms with Crippen molar-refractivity contribution in [2.24, 2.45) is 5.41 Å². The van der Waals surface area contributed by atoms with Gasteiger partial charge in [-0.25, -0.2) is 0 Å². The van der Waals surface area contributed by atoms with E-state index in [9.17, 15) is 4.79 Å². The molecule has 1 aromatic carbocycles. The van der Waals surface area contributed by atoms with E-state index in [2.05, 4.69) is 12.2 Å². The molecule has 1 spiro atoms. The van der Waals surface area contributed by atoms with E-state index in [1.54, 1.807) is 0 Å². The second kappa shape index (κ2) is 8.91. The van der Waals surface area contributed by atoms with Crippen molar-refractivity contribution in [3.63, 3.8) is 0 Å². The third-order valence-corrected chi connectivity index (χ3v) is 5.95. The minimum absolute atomic E-state index is 0. The summed E-state index contributed by atoms with van der Waals surface area (Å²) in [4.78, 5) is 12.4. The van der Waals surface area contributed by atoms with E-state index in [1.807, 2.05) is 24.3 Å². The summed E-state index contributed by atoms with van der Waals surface area (Å²) in [6, 6.07) is 8.07. The lowest BCUT2D eigenvalue weighted by atomic mass is 9.55. The average Bonchev–Trinajstić information content (AvgIpc) is 2.61. The predicted molar refractivity (Wildman–Crippen MR) is 104 cm³/mol. The smallest absolute Gasteiger partial charge is 0.220 e. The number of nitrogens with one attached hydrogen (secondary N) is 1. The zero-order valence-corrected chi connectivity index (χ0v) is 15.9. The van der Waals surface area contributed by atoms with Crippen LogP contribution in [0.15, 0.2) is 24.3 Å². The van der Waals surface area contributed by atoms with Crippen LogP contribution in [-0.2, 0) is 16.0 Å². The lowest BCUT2D eigenvalue weighted by molar-refractivity contribution is -0.157. The molecule has 0 bridgehead atoms. The number of para-hydroxylation sites is 1. The molecule has 0 aromatic heterocycles. The second-order valence-corrected chi connectivity index (χ2v) is 7.29.